The fraction of sp³-hybridized carbons (Fsp3) is 0.217. The summed E-state index contributed by atoms with van der Waals surface area (Å²) in [6, 6.07) is 14.0. The molecular formula is C23H22ClN5. The fourth-order valence-electron chi connectivity index (χ4n) is 3.37. The number of pyridine rings is 2. The van der Waals surface area contributed by atoms with Crippen LogP contribution in [0.5, 0.6) is 0 Å². The zero-order chi connectivity index (χ0) is 20.2. The first-order valence-corrected chi connectivity index (χ1v) is 10.0. The number of nitrogens with zero attached hydrogens (tertiary/aromatic N) is 4. The van der Waals surface area contributed by atoms with Crippen LogP contribution in [-0.2, 0) is 0 Å². The Hall–Kier alpha value is -3.05. The van der Waals surface area contributed by atoms with Gasteiger partial charge in [-0.15, -0.1) is 0 Å². The first kappa shape index (κ1) is 19.3. The van der Waals surface area contributed by atoms with Crippen molar-refractivity contribution < 1.29 is 0 Å². The molecule has 0 fully saturated rings. The van der Waals surface area contributed by atoms with Crippen LogP contribution in [0.15, 0.2) is 61.2 Å². The van der Waals surface area contributed by atoms with Gasteiger partial charge in [-0.25, -0.2) is 9.97 Å². The van der Waals surface area contributed by atoms with Crippen LogP contribution in [0.2, 0.25) is 5.02 Å². The zero-order valence-corrected chi connectivity index (χ0v) is 17.2. The average molecular weight is 404 g/mol. The van der Waals surface area contributed by atoms with Crippen LogP contribution in [0, 0.1) is 6.92 Å². The predicted octanol–water partition coefficient (Wildman–Crippen LogP) is 5.65. The average Bonchev–Trinajstić information content (AvgIpc) is 2.74. The summed E-state index contributed by atoms with van der Waals surface area (Å²) in [7, 11) is 0. The molecule has 3 heterocycles. The largest absolute Gasteiger partial charge is 0.370 e. The summed E-state index contributed by atoms with van der Waals surface area (Å²) in [4.78, 5) is 17.6. The van der Waals surface area contributed by atoms with Crippen molar-refractivity contribution in [2.45, 2.75) is 26.2 Å². The van der Waals surface area contributed by atoms with E-state index in [9.17, 15) is 0 Å². The zero-order valence-electron chi connectivity index (χ0n) is 16.4. The molecule has 0 aliphatic carbocycles. The smallest absolute Gasteiger partial charge is 0.129 e. The SMILES string of the molecule is Cc1ccc(-c2cc(NCCC(C)c3cccc4c(Cl)ccnc34)ncn2)cn1. The van der Waals surface area contributed by atoms with Crippen molar-refractivity contribution >= 4 is 28.3 Å². The number of hydrogen-bond acceptors (Lipinski definition) is 5. The first-order chi connectivity index (χ1) is 14.1. The molecule has 0 aliphatic rings. The van der Waals surface area contributed by atoms with E-state index < -0.39 is 0 Å². The number of fused-ring (bicyclic) bond motifs is 1. The highest BCUT2D eigenvalue weighted by molar-refractivity contribution is 6.35. The van der Waals surface area contributed by atoms with Crippen LogP contribution in [0.25, 0.3) is 22.2 Å². The van der Waals surface area contributed by atoms with Crippen LogP contribution < -0.4 is 5.32 Å². The van der Waals surface area contributed by atoms with Crippen molar-refractivity contribution in [3.8, 4) is 11.3 Å². The number of rotatable bonds is 6. The molecular weight excluding hydrogens is 382 g/mol. The third-order valence-corrected chi connectivity index (χ3v) is 5.37. The molecule has 0 aliphatic heterocycles. The molecule has 0 bridgehead atoms. The van der Waals surface area contributed by atoms with Crippen molar-refractivity contribution in [2.75, 3.05) is 11.9 Å². The van der Waals surface area contributed by atoms with Gasteiger partial charge in [-0.2, -0.15) is 0 Å². The van der Waals surface area contributed by atoms with E-state index in [0.717, 1.165) is 51.7 Å². The highest BCUT2D eigenvalue weighted by atomic mass is 35.5. The monoisotopic (exact) mass is 403 g/mol. The molecule has 0 amide bonds. The standard InChI is InChI=1S/C23H22ClN5/c1-15(18-4-3-5-19-20(24)9-11-26-23(18)19)8-10-25-22-12-21(28-14-29-22)17-7-6-16(2)27-13-17/h3-7,9,11-15H,8,10H2,1-2H3,(H,25,28,29). The number of nitrogens with one attached hydrogen (secondary N) is 1. The minimum Gasteiger partial charge on any atom is -0.370 e. The summed E-state index contributed by atoms with van der Waals surface area (Å²) in [5, 5.41) is 5.14. The van der Waals surface area contributed by atoms with Gasteiger partial charge in [-0.3, -0.25) is 9.97 Å². The van der Waals surface area contributed by atoms with Gasteiger partial charge >= 0.3 is 0 Å². The second-order valence-corrected chi connectivity index (χ2v) is 7.54. The molecule has 5 nitrogen and oxygen atoms in total. The molecule has 0 saturated heterocycles. The normalized spacial score (nSPS) is 12.1. The van der Waals surface area contributed by atoms with E-state index >= 15 is 0 Å². The number of hydrogen-bond donors (Lipinski definition) is 1. The molecule has 1 unspecified atom stereocenters. The van der Waals surface area contributed by atoms with E-state index in [1.165, 1.54) is 5.56 Å². The van der Waals surface area contributed by atoms with Crippen molar-refractivity contribution in [3.63, 3.8) is 0 Å². The van der Waals surface area contributed by atoms with Gasteiger partial charge < -0.3 is 5.32 Å². The van der Waals surface area contributed by atoms with E-state index in [1.54, 1.807) is 12.5 Å². The van der Waals surface area contributed by atoms with Gasteiger partial charge in [0.15, 0.2) is 0 Å². The Morgan fingerprint density at radius 1 is 1.03 bits per heavy atom. The van der Waals surface area contributed by atoms with Gasteiger partial charge in [0.25, 0.3) is 0 Å². The Balaban J connectivity index is 1.44. The first-order valence-electron chi connectivity index (χ1n) is 9.64. The fourth-order valence-corrected chi connectivity index (χ4v) is 3.58. The number of anilines is 1. The topological polar surface area (TPSA) is 63.6 Å². The van der Waals surface area contributed by atoms with E-state index in [1.807, 2.05) is 49.5 Å². The Kier molecular flexibility index (Phi) is 5.67. The molecule has 1 atom stereocenters. The van der Waals surface area contributed by atoms with Crippen molar-refractivity contribution in [2.24, 2.45) is 0 Å². The molecule has 4 rings (SSSR count). The molecule has 6 heteroatoms. The Morgan fingerprint density at radius 3 is 2.76 bits per heavy atom. The summed E-state index contributed by atoms with van der Waals surface area (Å²) < 4.78 is 0. The van der Waals surface area contributed by atoms with Gasteiger partial charge in [-0.05, 0) is 43.0 Å². The molecule has 1 N–H and O–H groups in total. The van der Waals surface area contributed by atoms with Crippen LogP contribution in [0.3, 0.4) is 0 Å². The maximum atomic E-state index is 6.32. The lowest BCUT2D eigenvalue weighted by Gasteiger charge is -2.15. The van der Waals surface area contributed by atoms with E-state index in [2.05, 4.69) is 38.2 Å². The van der Waals surface area contributed by atoms with Crippen molar-refractivity contribution in [3.05, 3.63) is 77.5 Å². The number of halogens is 1. The predicted molar refractivity (Wildman–Crippen MR) is 118 cm³/mol. The van der Waals surface area contributed by atoms with Gasteiger partial charge in [0.2, 0.25) is 0 Å². The van der Waals surface area contributed by atoms with E-state index in [-0.39, 0.29) is 0 Å². The molecule has 3 aromatic heterocycles. The quantitative estimate of drug-likeness (QED) is 0.450. The molecule has 146 valence electrons. The summed E-state index contributed by atoms with van der Waals surface area (Å²) in [5.74, 6) is 1.14. The van der Waals surface area contributed by atoms with Crippen LogP contribution in [0.4, 0.5) is 5.82 Å². The third-order valence-electron chi connectivity index (χ3n) is 5.04. The molecule has 0 saturated carbocycles. The molecule has 0 radical (unpaired) electrons. The summed E-state index contributed by atoms with van der Waals surface area (Å²) >= 11 is 6.32. The number of para-hydroxylation sites is 1. The summed E-state index contributed by atoms with van der Waals surface area (Å²) in [5.41, 5.74) is 5.01. The lowest BCUT2D eigenvalue weighted by molar-refractivity contribution is 0.708. The maximum absolute atomic E-state index is 6.32. The van der Waals surface area contributed by atoms with Crippen molar-refractivity contribution in [1.29, 1.82) is 0 Å². The minimum atomic E-state index is 0.333. The molecule has 0 spiro atoms. The van der Waals surface area contributed by atoms with E-state index in [4.69, 9.17) is 11.6 Å². The minimum absolute atomic E-state index is 0.333. The lowest BCUT2D eigenvalue weighted by Crippen LogP contribution is -2.08. The third kappa shape index (κ3) is 4.35. The van der Waals surface area contributed by atoms with Gasteiger partial charge in [0, 0.05) is 41.6 Å². The number of aryl methyl sites for hydroxylation is 1. The van der Waals surface area contributed by atoms with Gasteiger partial charge in [0.05, 0.1) is 16.2 Å². The molecule has 4 aromatic rings. The number of benzene rings is 1. The van der Waals surface area contributed by atoms with Crippen LogP contribution in [-0.4, -0.2) is 26.5 Å². The Labute approximate surface area is 175 Å². The second-order valence-electron chi connectivity index (χ2n) is 7.13. The highest BCUT2D eigenvalue weighted by Gasteiger charge is 2.12. The van der Waals surface area contributed by atoms with Crippen molar-refractivity contribution in [1.82, 2.24) is 19.9 Å². The molecule has 29 heavy (non-hydrogen) atoms. The van der Waals surface area contributed by atoms with Gasteiger partial charge in [0.1, 0.15) is 12.1 Å². The number of aromatic nitrogens is 4. The molecule has 1 aromatic carbocycles. The summed E-state index contributed by atoms with van der Waals surface area (Å²) in [6.45, 7) is 4.97. The van der Waals surface area contributed by atoms with Gasteiger partial charge in [-0.1, -0.05) is 36.7 Å². The van der Waals surface area contributed by atoms with Crippen LogP contribution in [0.1, 0.15) is 30.5 Å². The maximum Gasteiger partial charge on any atom is 0.129 e. The highest BCUT2D eigenvalue weighted by Crippen LogP contribution is 2.30. The lowest BCUT2D eigenvalue weighted by atomic mass is 9.95. The second kappa shape index (κ2) is 8.53. The summed E-state index contributed by atoms with van der Waals surface area (Å²) in [6.07, 6.45) is 6.12. The van der Waals surface area contributed by atoms with Crippen LogP contribution >= 0.6 is 11.6 Å². The Bertz CT molecular complexity index is 1130. The Morgan fingerprint density at radius 2 is 1.93 bits per heavy atom. The van der Waals surface area contributed by atoms with E-state index in [0.29, 0.717) is 5.92 Å².